The van der Waals surface area contributed by atoms with E-state index in [4.69, 9.17) is 9.47 Å². The molecule has 0 heterocycles. The second kappa shape index (κ2) is 8.25. The van der Waals surface area contributed by atoms with Crippen LogP contribution in [0.2, 0.25) is 0 Å². The zero-order valence-corrected chi connectivity index (χ0v) is 12.6. The first-order valence-electron chi connectivity index (χ1n) is 6.90. The molecule has 1 amide bonds. The van der Waals surface area contributed by atoms with E-state index in [1.54, 1.807) is 13.2 Å². The van der Waals surface area contributed by atoms with Crippen LogP contribution in [-0.4, -0.2) is 25.7 Å². The Bertz CT molecular complexity index is 469. The lowest BCUT2D eigenvalue weighted by atomic mass is 10.2. The number of amides is 1. The van der Waals surface area contributed by atoms with E-state index < -0.39 is 0 Å². The minimum absolute atomic E-state index is 0.0906. The molecule has 0 aliphatic heterocycles. The topological polar surface area (TPSA) is 47.6 Å². The van der Waals surface area contributed by atoms with E-state index in [2.05, 4.69) is 5.32 Å². The lowest BCUT2D eigenvalue weighted by Gasteiger charge is -2.10. The summed E-state index contributed by atoms with van der Waals surface area (Å²) in [5.74, 6) is 1.28. The third kappa shape index (κ3) is 4.96. The van der Waals surface area contributed by atoms with Gasteiger partial charge in [0.15, 0.2) is 11.5 Å². The van der Waals surface area contributed by atoms with Crippen molar-refractivity contribution in [3.8, 4) is 11.5 Å². The first-order valence-corrected chi connectivity index (χ1v) is 6.90. The first-order chi connectivity index (χ1) is 9.60. The predicted octanol–water partition coefficient (Wildman–Crippen LogP) is 3.02. The molecule has 0 fully saturated rings. The van der Waals surface area contributed by atoms with E-state index in [-0.39, 0.29) is 11.9 Å². The molecular formula is C16H23NO3. The Kier molecular flexibility index (Phi) is 6.64. The van der Waals surface area contributed by atoms with Crippen molar-refractivity contribution in [1.29, 1.82) is 0 Å². The van der Waals surface area contributed by atoms with Crippen LogP contribution in [0.3, 0.4) is 0 Å². The second-order valence-corrected chi connectivity index (χ2v) is 4.49. The smallest absolute Gasteiger partial charge is 0.244 e. The number of hydrogen-bond donors (Lipinski definition) is 1. The van der Waals surface area contributed by atoms with Crippen molar-refractivity contribution in [2.24, 2.45) is 0 Å². The van der Waals surface area contributed by atoms with E-state index in [1.165, 1.54) is 6.08 Å². The van der Waals surface area contributed by atoms with Gasteiger partial charge in [-0.25, -0.2) is 0 Å². The van der Waals surface area contributed by atoms with E-state index in [0.29, 0.717) is 18.1 Å². The van der Waals surface area contributed by atoms with Crippen LogP contribution < -0.4 is 14.8 Å². The molecule has 1 N–H and O–H groups in total. The summed E-state index contributed by atoms with van der Waals surface area (Å²) in [6.07, 6.45) is 4.20. The number of carbonyl (C=O) groups is 1. The van der Waals surface area contributed by atoms with Gasteiger partial charge < -0.3 is 14.8 Å². The fraction of sp³-hybridized carbons (Fsp3) is 0.438. The van der Waals surface area contributed by atoms with Crippen LogP contribution in [0.25, 0.3) is 6.08 Å². The highest BCUT2D eigenvalue weighted by atomic mass is 16.5. The van der Waals surface area contributed by atoms with Gasteiger partial charge in [0, 0.05) is 12.1 Å². The maximum Gasteiger partial charge on any atom is 0.244 e. The Hall–Kier alpha value is -1.97. The van der Waals surface area contributed by atoms with Gasteiger partial charge in [0.25, 0.3) is 0 Å². The molecule has 1 rings (SSSR count). The SMILES string of the molecule is CCOc1ccc(/C=C/C(=O)N[C@H](C)CC)cc1OC. The molecule has 0 saturated heterocycles. The summed E-state index contributed by atoms with van der Waals surface area (Å²) >= 11 is 0. The quantitative estimate of drug-likeness (QED) is 0.779. The molecule has 4 heteroatoms. The average Bonchev–Trinajstić information content (AvgIpc) is 2.46. The fourth-order valence-electron chi connectivity index (χ4n) is 1.63. The van der Waals surface area contributed by atoms with Crippen molar-refractivity contribution in [3.05, 3.63) is 29.8 Å². The van der Waals surface area contributed by atoms with Gasteiger partial charge in [0.1, 0.15) is 0 Å². The van der Waals surface area contributed by atoms with E-state index in [9.17, 15) is 4.79 Å². The van der Waals surface area contributed by atoms with Crippen molar-refractivity contribution in [2.75, 3.05) is 13.7 Å². The van der Waals surface area contributed by atoms with Crippen LogP contribution in [0.4, 0.5) is 0 Å². The summed E-state index contributed by atoms with van der Waals surface area (Å²) in [5, 5.41) is 2.88. The highest BCUT2D eigenvalue weighted by Gasteiger charge is 2.05. The van der Waals surface area contributed by atoms with Gasteiger partial charge in [0.05, 0.1) is 13.7 Å². The summed E-state index contributed by atoms with van der Waals surface area (Å²) in [7, 11) is 1.60. The van der Waals surface area contributed by atoms with Crippen LogP contribution >= 0.6 is 0 Å². The molecule has 0 spiro atoms. The molecule has 1 aromatic rings. The predicted molar refractivity (Wildman–Crippen MR) is 81.1 cm³/mol. The minimum Gasteiger partial charge on any atom is -0.493 e. The largest absolute Gasteiger partial charge is 0.493 e. The van der Waals surface area contributed by atoms with Crippen molar-refractivity contribution in [3.63, 3.8) is 0 Å². The summed E-state index contributed by atoms with van der Waals surface area (Å²) in [6, 6.07) is 5.76. The molecule has 0 aliphatic carbocycles. The van der Waals surface area contributed by atoms with Crippen LogP contribution in [0, 0.1) is 0 Å². The van der Waals surface area contributed by atoms with Crippen molar-refractivity contribution in [2.45, 2.75) is 33.2 Å². The molecule has 0 bridgehead atoms. The van der Waals surface area contributed by atoms with E-state index in [0.717, 1.165) is 12.0 Å². The van der Waals surface area contributed by atoms with Crippen molar-refractivity contribution >= 4 is 12.0 Å². The zero-order chi connectivity index (χ0) is 15.0. The molecule has 0 saturated carbocycles. The van der Waals surface area contributed by atoms with Crippen molar-refractivity contribution < 1.29 is 14.3 Å². The molecule has 1 atom stereocenters. The lowest BCUT2D eigenvalue weighted by molar-refractivity contribution is -0.117. The monoisotopic (exact) mass is 277 g/mol. The number of rotatable bonds is 7. The van der Waals surface area contributed by atoms with Gasteiger partial charge in [-0.05, 0) is 44.0 Å². The van der Waals surface area contributed by atoms with E-state index in [1.807, 2.05) is 39.0 Å². The zero-order valence-electron chi connectivity index (χ0n) is 12.6. The van der Waals surface area contributed by atoms with Gasteiger partial charge >= 0.3 is 0 Å². The number of ether oxygens (including phenoxy) is 2. The van der Waals surface area contributed by atoms with Gasteiger partial charge in [-0.15, -0.1) is 0 Å². The standard InChI is InChI=1S/C16H23NO3/c1-5-12(3)17-16(18)10-8-13-7-9-14(20-6-2)15(11-13)19-4/h7-12H,5-6H2,1-4H3,(H,17,18)/b10-8+/t12-/m1/s1. The number of methoxy groups -OCH3 is 1. The highest BCUT2D eigenvalue weighted by Crippen LogP contribution is 2.28. The summed E-state index contributed by atoms with van der Waals surface area (Å²) < 4.78 is 10.7. The Balaban J connectivity index is 2.75. The van der Waals surface area contributed by atoms with Crippen LogP contribution in [0.5, 0.6) is 11.5 Å². The molecule has 0 unspecified atom stereocenters. The van der Waals surface area contributed by atoms with Crippen LogP contribution in [0.15, 0.2) is 24.3 Å². The van der Waals surface area contributed by atoms with Gasteiger partial charge in [0.2, 0.25) is 5.91 Å². The van der Waals surface area contributed by atoms with E-state index >= 15 is 0 Å². The maximum absolute atomic E-state index is 11.7. The summed E-state index contributed by atoms with van der Waals surface area (Å²) in [5.41, 5.74) is 0.893. The molecule has 0 radical (unpaired) electrons. The molecule has 4 nitrogen and oxygen atoms in total. The van der Waals surface area contributed by atoms with Crippen LogP contribution in [0.1, 0.15) is 32.8 Å². The Morgan fingerprint density at radius 1 is 1.35 bits per heavy atom. The van der Waals surface area contributed by atoms with Crippen LogP contribution in [-0.2, 0) is 4.79 Å². The Labute approximate surface area is 120 Å². The minimum atomic E-state index is -0.0906. The molecule has 1 aromatic carbocycles. The van der Waals surface area contributed by atoms with Crippen molar-refractivity contribution in [1.82, 2.24) is 5.32 Å². The lowest BCUT2D eigenvalue weighted by Crippen LogP contribution is -2.30. The van der Waals surface area contributed by atoms with Gasteiger partial charge in [-0.1, -0.05) is 13.0 Å². The number of benzene rings is 1. The third-order valence-corrected chi connectivity index (χ3v) is 2.92. The van der Waals surface area contributed by atoms with Gasteiger partial charge in [-0.3, -0.25) is 4.79 Å². The van der Waals surface area contributed by atoms with Gasteiger partial charge in [-0.2, -0.15) is 0 Å². The number of carbonyl (C=O) groups excluding carboxylic acids is 1. The Morgan fingerprint density at radius 2 is 2.10 bits per heavy atom. The fourth-order valence-corrected chi connectivity index (χ4v) is 1.63. The maximum atomic E-state index is 11.7. The summed E-state index contributed by atoms with van der Waals surface area (Å²) in [4.78, 5) is 11.7. The number of nitrogens with one attached hydrogen (secondary N) is 1. The normalized spacial score (nSPS) is 12.2. The molecule has 0 aliphatic rings. The molecule has 20 heavy (non-hydrogen) atoms. The first kappa shape index (κ1) is 16.1. The summed E-state index contributed by atoms with van der Waals surface area (Å²) in [6.45, 7) is 6.52. The third-order valence-electron chi connectivity index (χ3n) is 2.92. The molecule has 110 valence electrons. The highest BCUT2D eigenvalue weighted by molar-refractivity contribution is 5.91. The Morgan fingerprint density at radius 3 is 2.70 bits per heavy atom. The second-order valence-electron chi connectivity index (χ2n) is 4.49. The number of hydrogen-bond acceptors (Lipinski definition) is 3. The average molecular weight is 277 g/mol. The molecular weight excluding hydrogens is 254 g/mol. The molecule has 0 aromatic heterocycles.